The number of aromatic nitrogens is 4. The largest absolute Gasteiger partial charge is 0.496 e. The van der Waals surface area contributed by atoms with Gasteiger partial charge in [0, 0.05) is 4.95 Å². The molecule has 0 saturated carbocycles. The van der Waals surface area contributed by atoms with Crippen LogP contribution in [0.1, 0.15) is 6.23 Å². The van der Waals surface area contributed by atoms with E-state index in [4.69, 9.17) is 27.6 Å². The molecule has 1 aliphatic rings. The lowest BCUT2D eigenvalue weighted by Gasteiger charge is -2.17. The number of nitrogen functional groups attached to an aromatic ring is 1. The number of aliphatic hydroxyl groups is 1. The predicted molar refractivity (Wildman–Crippen MR) is 99.1 cm³/mol. The van der Waals surface area contributed by atoms with Crippen LogP contribution in [0.5, 0.6) is 0 Å². The molecule has 6 N–H and O–H groups in total. The average molecular weight is 485 g/mol. The van der Waals surface area contributed by atoms with Gasteiger partial charge >= 0.3 is 15.6 Å². The van der Waals surface area contributed by atoms with Crippen molar-refractivity contribution in [1.82, 2.24) is 19.5 Å². The number of nitrogens with one attached hydrogen (secondary N) is 1. The van der Waals surface area contributed by atoms with E-state index >= 15 is 0 Å². The van der Waals surface area contributed by atoms with Crippen molar-refractivity contribution in [3.05, 3.63) is 20.8 Å². The summed E-state index contributed by atoms with van der Waals surface area (Å²) in [5, 5.41) is 13.2. The maximum atomic E-state index is 11.7. The second kappa shape index (κ2) is 8.26. The highest BCUT2D eigenvalue weighted by atomic mass is 32.1. The monoisotopic (exact) mass is 485 g/mol. The first-order valence-electron chi connectivity index (χ1n) is 7.72. The highest BCUT2D eigenvalue weighted by Crippen LogP contribution is 2.60. The van der Waals surface area contributed by atoms with Crippen molar-refractivity contribution in [2.24, 2.45) is 10.1 Å². The van der Waals surface area contributed by atoms with Crippen LogP contribution in [0.2, 0.25) is 0 Å². The first-order valence-corrected chi connectivity index (χ1v) is 11.2. The van der Waals surface area contributed by atoms with E-state index in [1.165, 1.54) is 10.9 Å². The molecule has 30 heavy (non-hydrogen) atoms. The van der Waals surface area contributed by atoms with E-state index in [9.17, 15) is 28.9 Å². The number of anilines is 1. The highest BCUT2D eigenvalue weighted by Gasteiger charge is 2.48. The molecule has 2 aromatic heterocycles. The molecule has 3 heterocycles. The van der Waals surface area contributed by atoms with Gasteiger partial charge in [-0.25, -0.2) is 19.1 Å². The molecule has 0 aliphatic carbocycles. The van der Waals surface area contributed by atoms with E-state index < -0.39 is 46.7 Å². The van der Waals surface area contributed by atoms with Gasteiger partial charge in [-0.3, -0.25) is 9.09 Å². The summed E-state index contributed by atoms with van der Waals surface area (Å²) in [6, 6.07) is -1.49. The minimum Gasteiger partial charge on any atom is -0.386 e. The second-order valence-corrected chi connectivity index (χ2v) is 9.23. The molecule has 1 saturated heterocycles. The third kappa shape index (κ3) is 4.51. The van der Waals surface area contributed by atoms with Crippen LogP contribution in [-0.2, 0) is 22.7 Å². The number of fused-ring (bicyclic) bond motifs is 1. The quantitative estimate of drug-likeness (QED) is 0.193. The van der Waals surface area contributed by atoms with E-state index in [1.54, 1.807) is 4.95 Å². The van der Waals surface area contributed by atoms with Gasteiger partial charge in [0.05, 0.1) is 12.9 Å². The summed E-state index contributed by atoms with van der Waals surface area (Å²) >= 11 is 5.04. The molecule has 0 bridgehead atoms. The molecule has 0 radical (unpaired) electrons. The topological polar surface area (TPSA) is 254 Å². The Balaban J connectivity index is 1.82. The minimum atomic E-state index is -5.27. The standard InChI is InChI=1S/C10H13N7O10P2S/c11-10-13-7-5(8(30)14-10)12-2-17(7)9-6(18)4(15-19)3(26-9)1-25-29(23,24)27-28(21,22)16-20/h2-4,6,9,18H,1H2,(H,21,22)(H,23,24)(H3,11,13,14,30)/t3-,4-,6-,9-/m1/s1. The lowest BCUT2D eigenvalue weighted by atomic mass is 10.1. The number of phosphoric ester groups is 1. The zero-order valence-corrected chi connectivity index (χ0v) is 17.0. The Morgan fingerprint density at radius 2 is 2.10 bits per heavy atom. The molecule has 20 heteroatoms. The normalized spacial score (nSPS) is 28.1. The number of hydrogen-bond acceptors (Lipinski definition) is 13. The smallest absolute Gasteiger partial charge is 0.386 e. The summed E-state index contributed by atoms with van der Waals surface area (Å²) in [6.45, 7) is -0.886. The van der Waals surface area contributed by atoms with Gasteiger partial charge in [-0.15, -0.1) is 4.91 Å². The summed E-state index contributed by atoms with van der Waals surface area (Å²) in [7, 11) is -10.5. The molecular formula is C10H13N7O10P2S. The molecule has 1 aliphatic heterocycles. The Morgan fingerprint density at radius 1 is 1.40 bits per heavy atom. The van der Waals surface area contributed by atoms with Gasteiger partial charge in [0.25, 0.3) is 0 Å². The van der Waals surface area contributed by atoms with Crippen molar-refractivity contribution in [2.45, 2.75) is 24.5 Å². The summed E-state index contributed by atoms with van der Waals surface area (Å²) in [5.41, 5.74) is 6.04. The molecule has 1 fully saturated rings. The van der Waals surface area contributed by atoms with Crippen molar-refractivity contribution in [3.63, 3.8) is 0 Å². The van der Waals surface area contributed by atoms with Gasteiger partial charge in [0.2, 0.25) is 0 Å². The van der Waals surface area contributed by atoms with Crippen LogP contribution in [0, 0.1) is 14.5 Å². The number of phosphoric acid groups is 1. The number of imidazole rings is 1. The zero-order valence-electron chi connectivity index (χ0n) is 14.4. The van der Waals surface area contributed by atoms with Crippen LogP contribution in [-0.4, -0.2) is 59.3 Å². The molecule has 0 aromatic carbocycles. The van der Waals surface area contributed by atoms with E-state index in [-0.39, 0.29) is 21.8 Å². The molecule has 0 amide bonds. The lowest BCUT2D eigenvalue weighted by Crippen LogP contribution is -2.32. The van der Waals surface area contributed by atoms with Crippen molar-refractivity contribution in [3.8, 4) is 0 Å². The first kappa shape index (κ1) is 22.7. The van der Waals surface area contributed by atoms with Gasteiger partial charge in [-0.05, 0) is 0 Å². The highest BCUT2D eigenvalue weighted by molar-refractivity contribution is 7.71. The fourth-order valence-corrected chi connectivity index (χ4v) is 4.68. The Labute approximate surface area is 170 Å². The Morgan fingerprint density at radius 3 is 2.73 bits per heavy atom. The van der Waals surface area contributed by atoms with E-state index in [1.807, 2.05) is 0 Å². The summed E-state index contributed by atoms with van der Waals surface area (Å²) in [4.78, 5) is 51.8. The van der Waals surface area contributed by atoms with Crippen LogP contribution in [0.15, 0.2) is 16.5 Å². The summed E-state index contributed by atoms with van der Waals surface area (Å²) < 4.78 is 37.7. The average Bonchev–Trinajstić information content (AvgIpc) is 3.20. The van der Waals surface area contributed by atoms with Crippen molar-refractivity contribution >= 4 is 44.9 Å². The van der Waals surface area contributed by atoms with Crippen LogP contribution < -0.4 is 5.73 Å². The van der Waals surface area contributed by atoms with Gasteiger partial charge in [-0.2, -0.15) is 9.22 Å². The number of H-pyrrole nitrogens is 1. The molecule has 2 aromatic rings. The predicted octanol–water partition coefficient (Wildman–Crippen LogP) is 0.465. The van der Waals surface area contributed by atoms with Gasteiger partial charge in [-0.1, -0.05) is 17.4 Å². The Bertz CT molecular complexity index is 1140. The third-order valence-corrected chi connectivity index (χ3v) is 6.56. The van der Waals surface area contributed by atoms with Crippen LogP contribution in [0.25, 0.3) is 11.2 Å². The van der Waals surface area contributed by atoms with Crippen LogP contribution >= 0.6 is 27.8 Å². The number of aliphatic hydroxyl groups excluding tert-OH is 1. The van der Waals surface area contributed by atoms with Crippen LogP contribution in [0.4, 0.5) is 5.95 Å². The van der Waals surface area contributed by atoms with Gasteiger partial charge in [0.15, 0.2) is 22.9 Å². The number of nitrogens with two attached hydrogens (primary N) is 1. The first-order chi connectivity index (χ1) is 14.0. The fraction of sp³-hybridized carbons (Fsp3) is 0.500. The minimum absolute atomic E-state index is 0.0535. The number of hydrogen-bond donors (Lipinski definition) is 5. The molecule has 3 rings (SSSR count). The number of nitrogens with zero attached hydrogens (tertiary/aromatic N) is 5. The van der Waals surface area contributed by atoms with Crippen molar-refractivity contribution in [1.29, 1.82) is 0 Å². The molecule has 2 unspecified atom stereocenters. The lowest BCUT2D eigenvalue weighted by molar-refractivity contribution is -0.0481. The molecule has 164 valence electrons. The Hall–Kier alpha value is -2.01. The zero-order chi connectivity index (χ0) is 22.3. The maximum absolute atomic E-state index is 11.7. The molecule has 0 spiro atoms. The van der Waals surface area contributed by atoms with Gasteiger partial charge in [0.1, 0.15) is 23.4 Å². The van der Waals surface area contributed by atoms with Crippen LogP contribution in [0.3, 0.4) is 0 Å². The third-order valence-electron chi connectivity index (χ3n) is 3.91. The van der Waals surface area contributed by atoms with E-state index in [0.29, 0.717) is 0 Å². The number of aromatic amines is 1. The number of nitroso groups, excluding NO2 is 2. The number of ether oxygens (including phenoxy) is 1. The summed E-state index contributed by atoms with van der Waals surface area (Å²) in [5.74, 6) is -0.0535. The SMILES string of the molecule is Nc1nc(=S)c2ncn([C@@H]3O[C@H](COP(=O)(O)OP(=O)(O)N=O)[C@@H](N=O)[C@H]3O)c2[nH]1. The van der Waals surface area contributed by atoms with Crippen molar-refractivity contribution < 1.29 is 37.6 Å². The Kier molecular flexibility index (Phi) is 6.24. The van der Waals surface area contributed by atoms with E-state index in [0.717, 1.165) is 0 Å². The van der Waals surface area contributed by atoms with Gasteiger partial charge < -0.3 is 30.3 Å². The number of rotatable bonds is 8. The summed E-state index contributed by atoms with van der Waals surface area (Å²) in [6.07, 6.45) is -3.02. The fourth-order valence-electron chi connectivity index (χ4n) is 2.71. The second-order valence-electron chi connectivity index (χ2n) is 5.85. The van der Waals surface area contributed by atoms with E-state index in [2.05, 4.69) is 29.0 Å². The molecule has 17 nitrogen and oxygen atoms in total. The molecular weight excluding hydrogens is 472 g/mol. The maximum Gasteiger partial charge on any atom is 0.496 e. The van der Waals surface area contributed by atoms with Crippen molar-refractivity contribution in [2.75, 3.05) is 12.3 Å². The molecule has 6 atom stereocenters.